The fourth-order valence-corrected chi connectivity index (χ4v) is 4.09. The molecule has 27 heavy (non-hydrogen) atoms. The van der Waals surface area contributed by atoms with E-state index in [1.54, 1.807) is 12.1 Å². The third kappa shape index (κ3) is 4.64. The van der Waals surface area contributed by atoms with Crippen LogP contribution in [-0.2, 0) is 21.2 Å². The Bertz CT molecular complexity index is 929. The van der Waals surface area contributed by atoms with Gasteiger partial charge >= 0.3 is 0 Å². The average molecular weight is 392 g/mol. The number of carbonyl (C=O) groups excluding carboxylic acids is 1. The van der Waals surface area contributed by atoms with Crippen LogP contribution in [0.4, 0.5) is 10.1 Å². The minimum Gasteiger partial charge on any atom is -0.494 e. The molecule has 3 rings (SSSR count). The zero-order valence-electron chi connectivity index (χ0n) is 14.9. The number of nitrogens with zero attached hydrogens (tertiary/aromatic N) is 1. The monoisotopic (exact) mass is 392 g/mol. The number of anilines is 1. The average Bonchev–Trinajstić information content (AvgIpc) is 2.65. The number of ether oxygens (including phenoxy) is 1. The molecule has 0 bridgehead atoms. The maximum atomic E-state index is 12.8. The van der Waals surface area contributed by atoms with Gasteiger partial charge in [-0.05, 0) is 60.9 Å². The van der Waals surface area contributed by atoms with E-state index in [-0.39, 0.29) is 23.2 Å². The highest BCUT2D eigenvalue weighted by molar-refractivity contribution is 7.89. The van der Waals surface area contributed by atoms with E-state index in [9.17, 15) is 17.6 Å². The summed E-state index contributed by atoms with van der Waals surface area (Å²) in [6.07, 6.45) is 1.38. The molecule has 1 aliphatic rings. The Morgan fingerprint density at radius 1 is 1.15 bits per heavy atom. The minimum atomic E-state index is -3.62. The molecular weight excluding hydrogens is 371 g/mol. The van der Waals surface area contributed by atoms with Gasteiger partial charge in [-0.15, -0.1) is 0 Å². The molecule has 1 amide bonds. The predicted octanol–water partition coefficient (Wildman–Crippen LogP) is 2.80. The topological polar surface area (TPSA) is 75.7 Å². The largest absolute Gasteiger partial charge is 0.494 e. The zero-order valence-corrected chi connectivity index (χ0v) is 15.8. The SMILES string of the molecule is CN(CCCOc1ccc(F)cc1)S(=O)(=O)c1ccc2c(c1)CCC(=O)N2. The van der Waals surface area contributed by atoms with Gasteiger partial charge in [0.2, 0.25) is 15.9 Å². The standard InChI is InChI=1S/C19H21FN2O4S/c1-22(11-2-12-26-16-6-4-15(20)5-7-16)27(24,25)17-8-9-18-14(13-17)3-10-19(23)21-18/h4-9,13H,2-3,10-12H2,1H3,(H,21,23). The molecular formula is C19H21FN2O4S. The van der Waals surface area contributed by atoms with Crippen LogP contribution in [0.15, 0.2) is 47.4 Å². The Balaban J connectivity index is 1.57. The molecule has 6 nitrogen and oxygen atoms in total. The van der Waals surface area contributed by atoms with Crippen molar-refractivity contribution >= 4 is 21.6 Å². The minimum absolute atomic E-state index is 0.0589. The summed E-state index contributed by atoms with van der Waals surface area (Å²) in [4.78, 5) is 11.6. The summed E-state index contributed by atoms with van der Waals surface area (Å²) in [5.41, 5.74) is 1.49. The van der Waals surface area contributed by atoms with E-state index in [2.05, 4.69) is 5.32 Å². The lowest BCUT2D eigenvalue weighted by Crippen LogP contribution is -2.29. The van der Waals surface area contributed by atoms with Crippen LogP contribution in [0.5, 0.6) is 5.75 Å². The molecule has 0 fully saturated rings. The molecule has 144 valence electrons. The van der Waals surface area contributed by atoms with Gasteiger partial charge in [0.1, 0.15) is 11.6 Å². The molecule has 0 unspecified atom stereocenters. The fraction of sp³-hybridized carbons (Fsp3) is 0.316. The van der Waals surface area contributed by atoms with Gasteiger partial charge in [0, 0.05) is 25.7 Å². The molecule has 0 spiro atoms. The second kappa shape index (κ2) is 8.06. The first-order valence-corrected chi connectivity index (χ1v) is 10.1. The number of hydrogen-bond acceptors (Lipinski definition) is 4. The molecule has 2 aromatic carbocycles. The number of aryl methyl sites for hydroxylation is 1. The molecule has 0 radical (unpaired) electrons. The van der Waals surface area contributed by atoms with Crippen LogP contribution in [0, 0.1) is 5.82 Å². The van der Waals surface area contributed by atoms with Crippen LogP contribution in [0.25, 0.3) is 0 Å². The number of rotatable bonds is 7. The van der Waals surface area contributed by atoms with Crippen LogP contribution in [0.1, 0.15) is 18.4 Å². The number of sulfonamides is 1. The third-order valence-corrected chi connectivity index (χ3v) is 6.23. The molecule has 0 saturated carbocycles. The van der Waals surface area contributed by atoms with Crippen molar-refractivity contribution in [1.82, 2.24) is 4.31 Å². The van der Waals surface area contributed by atoms with Crippen molar-refractivity contribution in [2.24, 2.45) is 0 Å². The summed E-state index contributed by atoms with van der Waals surface area (Å²) in [5, 5.41) is 2.74. The van der Waals surface area contributed by atoms with E-state index >= 15 is 0 Å². The fourth-order valence-electron chi connectivity index (χ4n) is 2.83. The van der Waals surface area contributed by atoms with E-state index in [1.807, 2.05) is 0 Å². The van der Waals surface area contributed by atoms with Crippen LogP contribution in [0.3, 0.4) is 0 Å². The lowest BCUT2D eigenvalue weighted by molar-refractivity contribution is -0.116. The van der Waals surface area contributed by atoms with Crippen molar-refractivity contribution in [3.63, 3.8) is 0 Å². The highest BCUT2D eigenvalue weighted by Gasteiger charge is 2.23. The van der Waals surface area contributed by atoms with E-state index in [4.69, 9.17) is 4.74 Å². The summed E-state index contributed by atoms with van der Waals surface area (Å²) in [5.74, 6) is 0.146. The highest BCUT2D eigenvalue weighted by atomic mass is 32.2. The summed E-state index contributed by atoms with van der Waals surface area (Å²) in [6.45, 7) is 0.610. The van der Waals surface area contributed by atoms with Crippen molar-refractivity contribution in [3.05, 3.63) is 53.8 Å². The van der Waals surface area contributed by atoms with Crippen molar-refractivity contribution in [3.8, 4) is 5.75 Å². The molecule has 0 aromatic heterocycles. The van der Waals surface area contributed by atoms with Crippen LogP contribution < -0.4 is 10.1 Å². The maximum Gasteiger partial charge on any atom is 0.242 e. The van der Waals surface area contributed by atoms with Gasteiger partial charge in [-0.1, -0.05) is 0 Å². The summed E-state index contributed by atoms with van der Waals surface area (Å²) in [6, 6.07) is 10.4. The van der Waals surface area contributed by atoms with Crippen molar-refractivity contribution in [2.45, 2.75) is 24.2 Å². The Hall–Kier alpha value is -2.45. The van der Waals surface area contributed by atoms with Gasteiger partial charge in [-0.25, -0.2) is 17.1 Å². The van der Waals surface area contributed by atoms with Crippen LogP contribution >= 0.6 is 0 Å². The Labute approximate surface area is 158 Å². The second-order valence-corrected chi connectivity index (χ2v) is 8.39. The molecule has 1 N–H and O–H groups in total. The van der Waals surface area contributed by atoms with Crippen molar-refractivity contribution in [2.75, 3.05) is 25.5 Å². The molecule has 1 aliphatic heterocycles. The lowest BCUT2D eigenvalue weighted by Gasteiger charge is -2.20. The number of hydrogen-bond donors (Lipinski definition) is 1. The van der Waals surface area contributed by atoms with Gasteiger partial charge in [0.05, 0.1) is 11.5 Å². The second-order valence-electron chi connectivity index (χ2n) is 6.35. The molecule has 2 aromatic rings. The quantitative estimate of drug-likeness (QED) is 0.735. The predicted molar refractivity (Wildman–Crippen MR) is 99.7 cm³/mol. The van der Waals surface area contributed by atoms with Crippen molar-refractivity contribution < 1.29 is 22.3 Å². The Morgan fingerprint density at radius 2 is 1.89 bits per heavy atom. The summed E-state index contributed by atoms with van der Waals surface area (Å²) >= 11 is 0. The maximum absolute atomic E-state index is 12.8. The smallest absolute Gasteiger partial charge is 0.242 e. The van der Waals surface area contributed by atoms with Crippen LogP contribution in [0.2, 0.25) is 0 Å². The molecule has 8 heteroatoms. The van der Waals surface area contributed by atoms with Gasteiger partial charge < -0.3 is 10.1 Å². The van der Waals surface area contributed by atoms with Gasteiger partial charge in [-0.2, -0.15) is 0 Å². The normalized spacial score (nSPS) is 14.0. The number of fused-ring (bicyclic) bond motifs is 1. The molecule has 1 heterocycles. The number of carbonyl (C=O) groups is 1. The lowest BCUT2D eigenvalue weighted by atomic mass is 10.0. The first kappa shape index (κ1) is 19.3. The first-order valence-electron chi connectivity index (χ1n) is 8.64. The van der Waals surface area contributed by atoms with E-state index in [0.717, 1.165) is 5.56 Å². The van der Waals surface area contributed by atoms with E-state index < -0.39 is 10.0 Å². The zero-order chi connectivity index (χ0) is 19.4. The Kier molecular flexibility index (Phi) is 5.76. The summed E-state index contributed by atoms with van der Waals surface area (Å²) in [7, 11) is -2.10. The van der Waals surface area contributed by atoms with Gasteiger partial charge in [-0.3, -0.25) is 4.79 Å². The molecule has 0 atom stereocenters. The van der Waals surface area contributed by atoms with Gasteiger partial charge in [0.25, 0.3) is 0 Å². The van der Waals surface area contributed by atoms with Crippen molar-refractivity contribution in [1.29, 1.82) is 0 Å². The van der Waals surface area contributed by atoms with Crippen LogP contribution in [-0.4, -0.2) is 38.8 Å². The number of halogens is 1. The third-order valence-electron chi connectivity index (χ3n) is 4.38. The summed E-state index contributed by atoms with van der Waals surface area (Å²) < 4.78 is 45.1. The first-order chi connectivity index (χ1) is 12.9. The molecule has 0 saturated heterocycles. The molecule has 0 aliphatic carbocycles. The van der Waals surface area contributed by atoms with E-state index in [1.165, 1.54) is 41.7 Å². The van der Waals surface area contributed by atoms with Gasteiger partial charge in [0.15, 0.2) is 0 Å². The Morgan fingerprint density at radius 3 is 2.63 bits per heavy atom. The number of benzene rings is 2. The van der Waals surface area contributed by atoms with E-state index in [0.29, 0.717) is 37.3 Å². The number of amides is 1. The highest BCUT2D eigenvalue weighted by Crippen LogP contribution is 2.26. The number of nitrogens with one attached hydrogen (secondary N) is 1.